The Kier molecular flexibility index (Phi) is 4.83. The largest absolute Gasteiger partial charge is 0.481 e. The minimum absolute atomic E-state index is 0.121. The lowest BCUT2D eigenvalue weighted by atomic mass is 9.97. The van der Waals surface area contributed by atoms with Gasteiger partial charge in [-0.1, -0.05) is 12.1 Å². The number of carboxylic acid groups (broad SMARTS) is 1. The van der Waals surface area contributed by atoms with E-state index >= 15 is 0 Å². The van der Waals surface area contributed by atoms with E-state index in [-0.39, 0.29) is 18.4 Å². The summed E-state index contributed by atoms with van der Waals surface area (Å²) in [6, 6.07) is 7.28. The molecule has 2 amide bonds. The lowest BCUT2D eigenvalue weighted by Gasteiger charge is -2.30. The normalized spacial score (nSPS) is 21.2. The van der Waals surface area contributed by atoms with Gasteiger partial charge in [0.15, 0.2) is 0 Å². The maximum atomic E-state index is 12.5. The molecule has 1 atom stereocenters. The summed E-state index contributed by atoms with van der Waals surface area (Å²) in [5.74, 6) is -1.24. The number of benzene rings is 1. The molecule has 0 aromatic heterocycles. The highest BCUT2D eigenvalue weighted by Crippen LogP contribution is 2.20. The van der Waals surface area contributed by atoms with Gasteiger partial charge in [-0.3, -0.25) is 14.4 Å². The van der Waals surface area contributed by atoms with E-state index in [1.807, 2.05) is 17.0 Å². The van der Waals surface area contributed by atoms with E-state index in [2.05, 4.69) is 0 Å². The summed E-state index contributed by atoms with van der Waals surface area (Å²) < 4.78 is 0. The molecule has 0 spiro atoms. The third-order valence-corrected chi connectivity index (χ3v) is 4.80. The van der Waals surface area contributed by atoms with Crippen LogP contribution < -0.4 is 0 Å². The van der Waals surface area contributed by atoms with Crippen LogP contribution in [0.3, 0.4) is 0 Å². The Morgan fingerprint density at radius 2 is 1.88 bits per heavy atom. The van der Waals surface area contributed by atoms with E-state index in [1.54, 1.807) is 17.0 Å². The zero-order chi connectivity index (χ0) is 17.1. The highest BCUT2D eigenvalue weighted by molar-refractivity contribution is 5.94. The third-order valence-electron chi connectivity index (χ3n) is 4.80. The maximum Gasteiger partial charge on any atom is 0.308 e. The van der Waals surface area contributed by atoms with Crippen LogP contribution in [0.2, 0.25) is 0 Å². The molecule has 2 heterocycles. The van der Waals surface area contributed by atoms with Gasteiger partial charge >= 0.3 is 5.97 Å². The van der Waals surface area contributed by atoms with Gasteiger partial charge in [0.1, 0.15) is 0 Å². The van der Waals surface area contributed by atoms with E-state index in [9.17, 15) is 14.4 Å². The number of aliphatic carboxylic acids is 1. The van der Waals surface area contributed by atoms with Crippen molar-refractivity contribution < 1.29 is 19.5 Å². The van der Waals surface area contributed by atoms with Crippen molar-refractivity contribution in [1.29, 1.82) is 0 Å². The number of hydrogen-bond acceptors (Lipinski definition) is 3. The van der Waals surface area contributed by atoms with Crippen molar-refractivity contribution in [3.63, 3.8) is 0 Å². The fourth-order valence-electron chi connectivity index (χ4n) is 3.39. The quantitative estimate of drug-likeness (QED) is 0.912. The Morgan fingerprint density at radius 3 is 2.50 bits per heavy atom. The molecule has 1 aromatic rings. The SMILES string of the molecule is O=C(O)[C@H]1CCCN(C(=O)c2ccc(CN3CCCC3=O)cc2)C1. The second kappa shape index (κ2) is 7.03. The molecular formula is C18H22N2O4. The van der Waals surface area contributed by atoms with Crippen molar-refractivity contribution in [3.8, 4) is 0 Å². The highest BCUT2D eigenvalue weighted by atomic mass is 16.4. The zero-order valence-corrected chi connectivity index (χ0v) is 13.6. The topological polar surface area (TPSA) is 77.9 Å². The fourth-order valence-corrected chi connectivity index (χ4v) is 3.39. The summed E-state index contributed by atoms with van der Waals surface area (Å²) in [5.41, 5.74) is 1.57. The summed E-state index contributed by atoms with van der Waals surface area (Å²) in [6.07, 6.45) is 2.88. The first-order chi connectivity index (χ1) is 11.5. The summed E-state index contributed by atoms with van der Waals surface area (Å²) >= 11 is 0. The Hall–Kier alpha value is -2.37. The van der Waals surface area contributed by atoms with E-state index in [1.165, 1.54) is 0 Å². The van der Waals surface area contributed by atoms with Crippen molar-refractivity contribution in [3.05, 3.63) is 35.4 Å². The van der Waals surface area contributed by atoms with E-state index < -0.39 is 11.9 Å². The average molecular weight is 330 g/mol. The smallest absolute Gasteiger partial charge is 0.308 e. The minimum atomic E-state index is -0.835. The maximum absolute atomic E-state index is 12.5. The Bertz CT molecular complexity index is 641. The van der Waals surface area contributed by atoms with Gasteiger partial charge in [0.05, 0.1) is 5.92 Å². The molecular weight excluding hydrogens is 308 g/mol. The van der Waals surface area contributed by atoms with Gasteiger partial charge in [0.25, 0.3) is 5.91 Å². The van der Waals surface area contributed by atoms with Crippen LogP contribution in [0.4, 0.5) is 0 Å². The standard InChI is InChI=1S/C18H22N2O4/c21-16-4-2-9-19(16)11-13-5-7-14(8-6-13)17(22)20-10-1-3-15(12-20)18(23)24/h5-8,15H,1-4,9-12H2,(H,23,24)/t15-/m0/s1. The molecule has 2 saturated heterocycles. The second-order valence-electron chi connectivity index (χ2n) is 6.54. The number of amides is 2. The van der Waals surface area contributed by atoms with Crippen LogP contribution in [-0.4, -0.2) is 52.3 Å². The van der Waals surface area contributed by atoms with Gasteiger partial charge in [-0.15, -0.1) is 0 Å². The molecule has 2 fully saturated rings. The highest BCUT2D eigenvalue weighted by Gasteiger charge is 2.28. The second-order valence-corrected chi connectivity index (χ2v) is 6.54. The lowest BCUT2D eigenvalue weighted by molar-refractivity contribution is -0.143. The first kappa shape index (κ1) is 16.5. The number of carbonyl (C=O) groups excluding carboxylic acids is 2. The Labute approximate surface area is 141 Å². The molecule has 3 rings (SSSR count). The van der Waals surface area contributed by atoms with Gasteiger partial charge in [-0.2, -0.15) is 0 Å². The summed E-state index contributed by atoms with van der Waals surface area (Å²) in [4.78, 5) is 38.8. The van der Waals surface area contributed by atoms with Crippen LogP contribution in [0.1, 0.15) is 41.6 Å². The van der Waals surface area contributed by atoms with Crippen LogP contribution in [0.5, 0.6) is 0 Å². The number of piperidine rings is 1. The van der Waals surface area contributed by atoms with Crippen molar-refractivity contribution in [1.82, 2.24) is 9.80 Å². The van der Waals surface area contributed by atoms with Crippen LogP contribution in [-0.2, 0) is 16.1 Å². The van der Waals surface area contributed by atoms with E-state index in [4.69, 9.17) is 5.11 Å². The predicted octanol–water partition coefficient (Wildman–Crippen LogP) is 1.75. The van der Waals surface area contributed by atoms with Crippen molar-refractivity contribution in [2.24, 2.45) is 5.92 Å². The van der Waals surface area contributed by atoms with Crippen LogP contribution in [0, 0.1) is 5.92 Å². The molecule has 0 bridgehead atoms. The molecule has 6 nitrogen and oxygen atoms in total. The molecule has 0 saturated carbocycles. The van der Waals surface area contributed by atoms with Crippen LogP contribution in [0.15, 0.2) is 24.3 Å². The predicted molar refractivity (Wildman–Crippen MR) is 87.4 cm³/mol. The zero-order valence-electron chi connectivity index (χ0n) is 13.6. The van der Waals surface area contributed by atoms with E-state index in [0.29, 0.717) is 31.5 Å². The van der Waals surface area contributed by atoms with Crippen LogP contribution in [0.25, 0.3) is 0 Å². The first-order valence-corrected chi connectivity index (χ1v) is 8.43. The molecule has 0 radical (unpaired) electrons. The van der Waals surface area contributed by atoms with Crippen molar-refractivity contribution in [2.45, 2.75) is 32.2 Å². The third kappa shape index (κ3) is 3.58. The van der Waals surface area contributed by atoms with Gasteiger partial charge in [-0.25, -0.2) is 0 Å². The molecule has 0 aliphatic carbocycles. The molecule has 128 valence electrons. The molecule has 24 heavy (non-hydrogen) atoms. The Morgan fingerprint density at radius 1 is 1.12 bits per heavy atom. The number of rotatable bonds is 4. The van der Waals surface area contributed by atoms with Crippen molar-refractivity contribution in [2.75, 3.05) is 19.6 Å². The van der Waals surface area contributed by atoms with Gasteiger partial charge in [-0.05, 0) is 37.0 Å². The number of carbonyl (C=O) groups is 3. The summed E-state index contributed by atoms with van der Waals surface area (Å²) in [6.45, 7) is 2.26. The summed E-state index contributed by atoms with van der Waals surface area (Å²) in [5, 5.41) is 9.13. The lowest BCUT2D eigenvalue weighted by Crippen LogP contribution is -2.42. The minimum Gasteiger partial charge on any atom is -0.481 e. The molecule has 1 aromatic carbocycles. The molecule has 6 heteroatoms. The number of hydrogen-bond donors (Lipinski definition) is 1. The van der Waals surface area contributed by atoms with Crippen molar-refractivity contribution >= 4 is 17.8 Å². The molecule has 1 N–H and O–H groups in total. The average Bonchev–Trinajstić information content (AvgIpc) is 3.00. The van der Waals surface area contributed by atoms with Gasteiger partial charge < -0.3 is 14.9 Å². The molecule has 2 aliphatic rings. The van der Waals surface area contributed by atoms with E-state index in [0.717, 1.165) is 24.9 Å². The monoisotopic (exact) mass is 330 g/mol. The first-order valence-electron chi connectivity index (χ1n) is 8.43. The number of carboxylic acids is 1. The van der Waals surface area contributed by atoms with Gasteiger partial charge in [0, 0.05) is 38.2 Å². The van der Waals surface area contributed by atoms with Gasteiger partial charge in [0.2, 0.25) is 5.91 Å². The fraction of sp³-hybridized carbons (Fsp3) is 0.500. The summed E-state index contributed by atoms with van der Waals surface area (Å²) in [7, 11) is 0. The molecule has 0 unspecified atom stereocenters. The Balaban J connectivity index is 1.63. The number of nitrogens with zero attached hydrogens (tertiary/aromatic N) is 2. The van der Waals surface area contributed by atoms with Crippen LogP contribution >= 0.6 is 0 Å². The molecule has 2 aliphatic heterocycles. The number of likely N-dealkylation sites (tertiary alicyclic amines) is 2.